The summed E-state index contributed by atoms with van der Waals surface area (Å²) in [6.07, 6.45) is 9.84. The van der Waals surface area contributed by atoms with Crippen LogP contribution in [0.25, 0.3) is 11.4 Å². The molecule has 4 aliphatic rings. The lowest BCUT2D eigenvalue weighted by molar-refractivity contribution is -0.146. The first kappa shape index (κ1) is 19.0. The lowest BCUT2D eigenvalue weighted by Gasteiger charge is -2.55. The summed E-state index contributed by atoms with van der Waals surface area (Å²) in [7, 11) is 0. The quantitative estimate of drug-likeness (QED) is 0.708. The smallest absolute Gasteiger partial charge is 0.243 e. The maximum atomic E-state index is 12.9. The highest BCUT2D eigenvalue weighted by atomic mass is 16.3. The van der Waals surface area contributed by atoms with Gasteiger partial charge >= 0.3 is 0 Å². The van der Waals surface area contributed by atoms with Gasteiger partial charge in [-0.15, -0.1) is 0 Å². The molecule has 156 valence electrons. The van der Waals surface area contributed by atoms with E-state index in [0.29, 0.717) is 34.8 Å². The SMILES string of the molecule is O=C(CNC(=O)C12CC3CC(CC(C3)C1)C2)Nc1cnc(-c2cccc(O)c2)nc1. The Morgan fingerprint density at radius 3 is 2.27 bits per heavy atom. The summed E-state index contributed by atoms with van der Waals surface area (Å²) < 4.78 is 0. The van der Waals surface area contributed by atoms with Crippen LogP contribution in [0.1, 0.15) is 38.5 Å². The molecule has 0 unspecified atom stereocenters. The number of aromatic nitrogens is 2. The molecule has 2 amide bonds. The average molecular weight is 406 g/mol. The molecule has 4 aliphatic carbocycles. The summed E-state index contributed by atoms with van der Waals surface area (Å²) in [5.74, 6) is 2.44. The number of anilines is 1. The van der Waals surface area contributed by atoms with Crippen molar-refractivity contribution in [3.63, 3.8) is 0 Å². The predicted molar refractivity (Wildman–Crippen MR) is 111 cm³/mol. The van der Waals surface area contributed by atoms with Crippen LogP contribution < -0.4 is 10.6 Å². The molecule has 30 heavy (non-hydrogen) atoms. The highest BCUT2D eigenvalue weighted by Crippen LogP contribution is 2.60. The van der Waals surface area contributed by atoms with Gasteiger partial charge in [0, 0.05) is 11.0 Å². The number of carbonyl (C=O) groups excluding carboxylic acids is 2. The number of rotatable bonds is 5. The fourth-order valence-corrected chi connectivity index (χ4v) is 6.13. The highest BCUT2D eigenvalue weighted by Gasteiger charge is 2.54. The van der Waals surface area contributed by atoms with Crippen LogP contribution in [0.5, 0.6) is 5.75 Å². The van der Waals surface area contributed by atoms with E-state index in [2.05, 4.69) is 20.6 Å². The van der Waals surface area contributed by atoms with Crippen molar-refractivity contribution in [2.75, 3.05) is 11.9 Å². The van der Waals surface area contributed by atoms with Crippen molar-refractivity contribution >= 4 is 17.5 Å². The van der Waals surface area contributed by atoms with Crippen molar-refractivity contribution in [2.45, 2.75) is 38.5 Å². The molecule has 0 aliphatic heterocycles. The van der Waals surface area contributed by atoms with Gasteiger partial charge in [-0.3, -0.25) is 9.59 Å². The number of phenolic OH excluding ortho intramolecular Hbond substituents is 1. The van der Waals surface area contributed by atoms with Crippen molar-refractivity contribution in [3.05, 3.63) is 36.7 Å². The molecular weight excluding hydrogens is 380 g/mol. The van der Waals surface area contributed by atoms with Gasteiger partial charge in [-0.2, -0.15) is 0 Å². The Kier molecular flexibility index (Phi) is 4.68. The zero-order chi connectivity index (χ0) is 20.7. The number of hydrogen-bond donors (Lipinski definition) is 3. The zero-order valence-corrected chi connectivity index (χ0v) is 16.8. The number of phenols is 1. The van der Waals surface area contributed by atoms with Crippen molar-refractivity contribution in [1.82, 2.24) is 15.3 Å². The molecule has 6 rings (SSSR count). The van der Waals surface area contributed by atoms with E-state index < -0.39 is 0 Å². The molecular formula is C23H26N4O3. The van der Waals surface area contributed by atoms with Gasteiger partial charge in [-0.05, 0) is 68.4 Å². The molecule has 0 radical (unpaired) electrons. The van der Waals surface area contributed by atoms with Gasteiger partial charge in [0.15, 0.2) is 5.82 Å². The predicted octanol–water partition coefficient (Wildman–Crippen LogP) is 3.12. The molecule has 4 bridgehead atoms. The number of benzene rings is 1. The van der Waals surface area contributed by atoms with E-state index in [1.165, 1.54) is 31.7 Å². The van der Waals surface area contributed by atoms with Gasteiger partial charge in [0.2, 0.25) is 11.8 Å². The zero-order valence-electron chi connectivity index (χ0n) is 16.8. The van der Waals surface area contributed by atoms with Crippen LogP contribution in [0.2, 0.25) is 0 Å². The van der Waals surface area contributed by atoms with E-state index in [9.17, 15) is 14.7 Å². The van der Waals surface area contributed by atoms with E-state index in [0.717, 1.165) is 19.3 Å². The molecule has 0 spiro atoms. The normalized spacial score (nSPS) is 28.9. The second kappa shape index (κ2) is 7.38. The summed E-state index contributed by atoms with van der Waals surface area (Å²) in [4.78, 5) is 33.8. The van der Waals surface area contributed by atoms with Crippen molar-refractivity contribution in [2.24, 2.45) is 23.2 Å². The van der Waals surface area contributed by atoms with Crippen LogP contribution in [-0.2, 0) is 9.59 Å². The largest absolute Gasteiger partial charge is 0.508 e. The number of nitrogens with one attached hydrogen (secondary N) is 2. The number of amides is 2. The Balaban J connectivity index is 1.16. The lowest BCUT2D eigenvalue weighted by Crippen LogP contribution is -2.54. The monoisotopic (exact) mass is 406 g/mol. The topological polar surface area (TPSA) is 104 Å². The summed E-state index contributed by atoms with van der Waals surface area (Å²) in [6, 6.07) is 6.67. The third-order valence-corrected chi connectivity index (χ3v) is 6.97. The summed E-state index contributed by atoms with van der Waals surface area (Å²) in [5, 5.41) is 15.2. The molecule has 7 nitrogen and oxygen atoms in total. The third-order valence-electron chi connectivity index (χ3n) is 6.97. The Bertz CT molecular complexity index is 937. The fourth-order valence-electron chi connectivity index (χ4n) is 6.13. The van der Waals surface area contributed by atoms with Crippen LogP contribution in [0.15, 0.2) is 36.7 Å². The number of carbonyl (C=O) groups is 2. The molecule has 7 heteroatoms. The number of nitrogens with zero attached hydrogens (tertiary/aromatic N) is 2. The van der Waals surface area contributed by atoms with E-state index in [4.69, 9.17) is 0 Å². The molecule has 1 heterocycles. The standard InChI is InChI=1S/C23H26N4O3/c28-19-3-1-2-17(7-19)21-24-11-18(12-25-21)27-20(29)13-26-22(30)23-8-14-4-15(9-23)6-16(5-14)10-23/h1-3,7,11-12,14-16,28H,4-6,8-10,13H2,(H,26,30)(H,27,29). The second-order valence-electron chi connectivity index (χ2n) is 9.27. The van der Waals surface area contributed by atoms with E-state index >= 15 is 0 Å². The van der Waals surface area contributed by atoms with Gasteiger partial charge in [0.05, 0.1) is 24.6 Å². The third kappa shape index (κ3) is 3.64. The van der Waals surface area contributed by atoms with Crippen LogP contribution in [0.4, 0.5) is 5.69 Å². The molecule has 3 N–H and O–H groups in total. The molecule has 2 aromatic rings. The van der Waals surface area contributed by atoms with Gasteiger partial charge in [-0.1, -0.05) is 12.1 Å². The molecule has 0 atom stereocenters. The molecule has 1 aromatic heterocycles. The first-order valence-corrected chi connectivity index (χ1v) is 10.7. The van der Waals surface area contributed by atoms with Crippen molar-refractivity contribution < 1.29 is 14.7 Å². The Hall–Kier alpha value is -2.96. The van der Waals surface area contributed by atoms with Gasteiger partial charge in [0.1, 0.15) is 5.75 Å². The number of hydrogen-bond acceptors (Lipinski definition) is 5. The molecule has 1 aromatic carbocycles. The first-order chi connectivity index (χ1) is 14.5. The summed E-state index contributed by atoms with van der Waals surface area (Å²) >= 11 is 0. The Morgan fingerprint density at radius 1 is 1.03 bits per heavy atom. The van der Waals surface area contributed by atoms with E-state index in [1.807, 2.05) is 0 Å². The second-order valence-corrected chi connectivity index (χ2v) is 9.27. The van der Waals surface area contributed by atoms with Gasteiger partial charge < -0.3 is 15.7 Å². The Labute approximate surface area is 175 Å². The fraction of sp³-hybridized carbons (Fsp3) is 0.478. The lowest BCUT2D eigenvalue weighted by atomic mass is 9.49. The van der Waals surface area contributed by atoms with Crippen LogP contribution in [0.3, 0.4) is 0 Å². The summed E-state index contributed by atoms with van der Waals surface area (Å²) in [6.45, 7) is -0.0467. The minimum Gasteiger partial charge on any atom is -0.508 e. The maximum Gasteiger partial charge on any atom is 0.243 e. The Morgan fingerprint density at radius 2 is 1.67 bits per heavy atom. The van der Waals surface area contributed by atoms with E-state index in [1.54, 1.807) is 24.3 Å². The highest BCUT2D eigenvalue weighted by molar-refractivity contribution is 5.95. The van der Waals surface area contributed by atoms with E-state index in [-0.39, 0.29) is 29.5 Å². The van der Waals surface area contributed by atoms with Gasteiger partial charge in [-0.25, -0.2) is 9.97 Å². The minimum atomic E-state index is -0.290. The van der Waals surface area contributed by atoms with Crippen LogP contribution in [0, 0.1) is 23.2 Å². The van der Waals surface area contributed by atoms with Gasteiger partial charge in [0.25, 0.3) is 0 Å². The number of aromatic hydroxyl groups is 1. The summed E-state index contributed by atoms with van der Waals surface area (Å²) in [5.41, 5.74) is 0.907. The molecule has 4 fully saturated rings. The van der Waals surface area contributed by atoms with Crippen LogP contribution >= 0.6 is 0 Å². The first-order valence-electron chi connectivity index (χ1n) is 10.7. The minimum absolute atomic E-state index is 0.0467. The van der Waals surface area contributed by atoms with Crippen LogP contribution in [-0.4, -0.2) is 33.4 Å². The maximum absolute atomic E-state index is 12.9. The molecule has 0 saturated heterocycles. The average Bonchev–Trinajstić information content (AvgIpc) is 2.71. The van der Waals surface area contributed by atoms with Crippen molar-refractivity contribution in [1.29, 1.82) is 0 Å². The molecule has 4 saturated carbocycles. The van der Waals surface area contributed by atoms with Crippen molar-refractivity contribution in [3.8, 4) is 17.1 Å².